The molecule has 1 N–H and O–H groups in total. The zero-order valence-electron chi connectivity index (χ0n) is 16.4. The number of hydrogen-bond donors (Lipinski definition) is 1. The standard InChI is InChI=1S/C21H23ClF2N2O4/c1-28-18-4-2-3-16(19(18)30-21(23)24)20(27)25-13-17(26-9-11-29-12-10-26)14-5-7-15(22)8-6-14/h2-8,17,21H,9-13H2,1H3,(H,25,27). The van der Waals surface area contributed by atoms with Crippen LogP contribution in [0.1, 0.15) is 22.0 Å². The second kappa shape index (κ2) is 10.6. The van der Waals surface area contributed by atoms with Crippen LogP contribution >= 0.6 is 11.6 Å². The Morgan fingerprint density at radius 1 is 1.20 bits per heavy atom. The normalized spacial score (nSPS) is 15.6. The summed E-state index contributed by atoms with van der Waals surface area (Å²) in [5.74, 6) is -0.760. The first-order valence-corrected chi connectivity index (χ1v) is 9.84. The fourth-order valence-corrected chi connectivity index (χ4v) is 3.51. The summed E-state index contributed by atoms with van der Waals surface area (Å²) >= 11 is 6.01. The summed E-state index contributed by atoms with van der Waals surface area (Å²) in [6.45, 7) is -0.195. The van der Waals surface area contributed by atoms with Gasteiger partial charge in [0.2, 0.25) is 0 Å². The van der Waals surface area contributed by atoms with Gasteiger partial charge in [-0.15, -0.1) is 0 Å². The number of benzene rings is 2. The van der Waals surface area contributed by atoms with Crippen molar-refractivity contribution in [3.05, 3.63) is 58.6 Å². The molecule has 6 nitrogen and oxygen atoms in total. The van der Waals surface area contributed by atoms with Gasteiger partial charge in [0.05, 0.1) is 31.9 Å². The first-order chi connectivity index (χ1) is 14.5. The lowest BCUT2D eigenvalue weighted by atomic mass is 10.0. The van der Waals surface area contributed by atoms with E-state index >= 15 is 0 Å². The van der Waals surface area contributed by atoms with Crippen LogP contribution in [0.4, 0.5) is 8.78 Å². The third-order valence-electron chi connectivity index (χ3n) is 4.85. The maximum absolute atomic E-state index is 12.9. The number of hydrogen-bond acceptors (Lipinski definition) is 5. The van der Waals surface area contributed by atoms with Gasteiger partial charge in [0.15, 0.2) is 11.5 Å². The molecule has 1 saturated heterocycles. The predicted molar refractivity (Wildman–Crippen MR) is 109 cm³/mol. The van der Waals surface area contributed by atoms with Gasteiger partial charge < -0.3 is 19.5 Å². The molecule has 2 aromatic carbocycles. The molecule has 0 aliphatic carbocycles. The summed E-state index contributed by atoms with van der Waals surface area (Å²) in [6, 6.07) is 11.7. The van der Waals surface area contributed by atoms with Crippen molar-refractivity contribution in [2.75, 3.05) is 40.0 Å². The smallest absolute Gasteiger partial charge is 0.387 e. The minimum absolute atomic E-state index is 0.0218. The lowest BCUT2D eigenvalue weighted by molar-refractivity contribution is -0.0515. The highest BCUT2D eigenvalue weighted by Gasteiger charge is 2.25. The molecular weight excluding hydrogens is 418 g/mol. The molecule has 1 heterocycles. The third-order valence-corrected chi connectivity index (χ3v) is 5.10. The van der Waals surface area contributed by atoms with E-state index in [1.807, 2.05) is 12.1 Å². The number of nitrogens with one attached hydrogen (secondary N) is 1. The van der Waals surface area contributed by atoms with E-state index in [2.05, 4.69) is 15.0 Å². The van der Waals surface area contributed by atoms with E-state index in [4.69, 9.17) is 21.1 Å². The molecule has 162 valence electrons. The average Bonchev–Trinajstić information content (AvgIpc) is 2.75. The van der Waals surface area contributed by atoms with Gasteiger partial charge in [-0.25, -0.2) is 0 Å². The van der Waals surface area contributed by atoms with E-state index in [0.29, 0.717) is 31.3 Å². The van der Waals surface area contributed by atoms with Gasteiger partial charge in [-0.1, -0.05) is 29.8 Å². The number of nitrogens with zero attached hydrogens (tertiary/aromatic N) is 1. The topological polar surface area (TPSA) is 60.0 Å². The van der Waals surface area contributed by atoms with Gasteiger partial charge in [-0.05, 0) is 29.8 Å². The molecule has 30 heavy (non-hydrogen) atoms. The molecule has 1 aliphatic rings. The van der Waals surface area contributed by atoms with E-state index in [1.54, 1.807) is 18.2 Å². The van der Waals surface area contributed by atoms with E-state index in [-0.39, 0.29) is 29.6 Å². The van der Waals surface area contributed by atoms with Gasteiger partial charge in [-0.3, -0.25) is 9.69 Å². The lowest BCUT2D eigenvalue weighted by Gasteiger charge is -2.35. The molecule has 2 aromatic rings. The first-order valence-electron chi connectivity index (χ1n) is 9.47. The Morgan fingerprint density at radius 3 is 2.53 bits per heavy atom. The quantitative estimate of drug-likeness (QED) is 0.677. The number of alkyl halides is 2. The largest absolute Gasteiger partial charge is 0.493 e. The van der Waals surface area contributed by atoms with Gasteiger partial charge in [0.25, 0.3) is 5.91 Å². The van der Waals surface area contributed by atoms with Crippen molar-refractivity contribution in [3.8, 4) is 11.5 Å². The highest BCUT2D eigenvalue weighted by atomic mass is 35.5. The van der Waals surface area contributed by atoms with Gasteiger partial charge in [0.1, 0.15) is 0 Å². The summed E-state index contributed by atoms with van der Waals surface area (Å²) < 4.78 is 40.7. The summed E-state index contributed by atoms with van der Waals surface area (Å²) in [7, 11) is 1.32. The number of para-hydroxylation sites is 1. The molecule has 0 radical (unpaired) electrons. The number of morpholine rings is 1. The third kappa shape index (κ3) is 5.59. The van der Waals surface area contributed by atoms with Crippen molar-refractivity contribution < 1.29 is 27.8 Å². The number of methoxy groups -OCH3 is 1. The van der Waals surface area contributed by atoms with E-state index < -0.39 is 12.5 Å². The van der Waals surface area contributed by atoms with Crippen LogP contribution in [0.5, 0.6) is 11.5 Å². The number of carbonyl (C=O) groups excluding carboxylic acids is 1. The minimum atomic E-state index is -3.08. The molecule has 0 saturated carbocycles. The molecule has 1 amide bonds. The van der Waals surface area contributed by atoms with Crippen molar-refractivity contribution in [2.24, 2.45) is 0 Å². The Labute approximate surface area is 178 Å². The number of amides is 1. The fourth-order valence-electron chi connectivity index (χ4n) is 3.38. The zero-order valence-corrected chi connectivity index (χ0v) is 17.2. The molecule has 0 aromatic heterocycles. The van der Waals surface area contributed by atoms with Gasteiger partial charge in [0, 0.05) is 24.7 Å². The Hall–Kier alpha value is -2.42. The summed E-state index contributed by atoms with van der Waals surface area (Å²) in [5, 5.41) is 3.46. The molecule has 0 bridgehead atoms. The van der Waals surface area contributed by atoms with E-state index in [9.17, 15) is 13.6 Å². The summed E-state index contributed by atoms with van der Waals surface area (Å²) in [5.41, 5.74) is 0.961. The SMILES string of the molecule is COc1cccc(C(=O)NCC(c2ccc(Cl)cc2)N2CCOCC2)c1OC(F)F. The Morgan fingerprint density at radius 2 is 1.90 bits per heavy atom. The van der Waals surface area contributed by atoms with Crippen LogP contribution in [0.2, 0.25) is 5.02 Å². The maximum Gasteiger partial charge on any atom is 0.387 e. The first kappa shape index (κ1) is 22.3. The highest BCUT2D eigenvalue weighted by molar-refractivity contribution is 6.30. The predicted octanol–water partition coefficient (Wildman–Crippen LogP) is 3.75. The van der Waals surface area contributed by atoms with Crippen LogP contribution in [0.15, 0.2) is 42.5 Å². The van der Waals surface area contributed by atoms with Gasteiger partial charge in [-0.2, -0.15) is 8.78 Å². The number of carbonyl (C=O) groups is 1. The van der Waals surface area contributed by atoms with E-state index in [1.165, 1.54) is 19.2 Å². The molecule has 1 unspecified atom stereocenters. The molecule has 1 aliphatic heterocycles. The van der Waals surface area contributed by atoms with E-state index in [0.717, 1.165) is 5.56 Å². The van der Waals surface area contributed by atoms with Crippen molar-refractivity contribution >= 4 is 17.5 Å². The number of rotatable bonds is 8. The fraction of sp³-hybridized carbons (Fsp3) is 0.381. The minimum Gasteiger partial charge on any atom is -0.493 e. The molecule has 1 atom stereocenters. The molecule has 1 fully saturated rings. The second-order valence-corrected chi connectivity index (χ2v) is 7.08. The maximum atomic E-state index is 12.9. The van der Waals surface area contributed by atoms with Crippen LogP contribution in [0.3, 0.4) is 0 Å². The Balaban J connectivity index is 1.80. The van der Waals surface area contributed by atoms with Crippen LogP contribution in [-0.2, 0) is 4.74 Å². The zero-order chi connectivity index (χ0) is 21.5. The van der Waals surface area contributed by atoms with Crippen molar-refractivity contribution in [3.63, 3.8) is 0 Å². The average molecular weight is 441 g/mol. The van der Waals surface area contributed by atoms with Crippen LogP contribution in [-0.4, -0.2) is 57.4 Å². The molecular formula is C21H23ClF2N2O4. The Kier molecular flexibility index (Phi) is 7.84. The highest BCUT2D eigenvalue weighted by Crippen LogP contribution is 2.32. The van der Waals surface area contributed by atoms with Crippen molar-refractivity contribution in [1.29, 1.82) is 0 Å². The van der Waals surface area contributed by atoms with Crippen LogP contribution < -0.4 is 14.8 Å². The molecule has 9 heteroatoms. The molecule has 3 rings (SSSR count). The molecule has 0 spiro atoms. The monoisotopic (exact) mass is 440 g/mol. The number of ether oxygens (including phenoxy) is 3. The Bertz CT molecular complexity index is 845. The van der Waals surface area contributed by atoms with Crippen molar-refractivity contribution in [1.82, 2.24) is 10.2 Å². The van der Waals surface area contributed by atoms with Gasteiger partial charge >= 0.3 is 6.61 Å². The summed E-state index contributed by atoms with van der Waals surface area (Å²) in [6.07, 6.45) is 0. The van der Waals surface area contributed by atoms with Crippen LogP contribution in [0.25, 0.3) is 0 Å². The number of halogens is 3. The summed E-state index contributed by atoms with van der Waals surface area (Å²) in [4.78, 5) is 15.0. The van der Waals surface area contributed by atoms with Crippen LogP contribution in [0, 0.1) is 0 Å². The van der Waals surface area contributed by atoms with Crippen molar-refractivity contribution in [2.45, 2.75) is 12.7 Å². The second-order valence-electron chi connectivity index (χ2n) is 6.64. The lowest BCUT2D eigenvalue weighted by Crippen LogP contribution is -2.43.